The van der Waals surface area contributed by atoms with Crippen LogP contribution < -0.4 is 4.72 Å². The van der Waals surface area contributed by atoms with Crippen LogP contribution in [-0.4, -0.2) is 25.4 Å². The minimum absolute atomic E-state index is 0.247. The van der Waals surface area contributed by atoms with E-state index in [9.17, 15) is 8.42 Å². The van der Waals surface area contributed by atoms with Crippen LogP contribution in [0.1, 0.15) is 43.2 Å². The first-order valence-electron chi connectivity index (χ1n) is 7.25. The average molecular weight is 307 g/mol. The molecule has 114 valence electrons. The van der Waals surface area contributed by atoms with E-state index in [1.807, 2.05) is 19.1 Å². The summed E-state index contributed by atoms with van der Waals surface area (Å²) in [5, 5.41) is 8.50. The Morgan fingerprint density at radius 2 is 2.00 bits per heavy atom. The highest BCUT2D eigenvalue weighted by Gasteiger charge is 2.27. The van der Waals surface area contributed by atoms with E-state index in [0.29, 0.717) is 11.3 Å². The number of rotatable bonds is 3. The molecule has 1 aliphatic carbocycles. The van der Waals surface area contributed by atoms with Crippen molar-refractivity contribution in [3.63, 3.8) is 0 Å². The van der Waals surface area contributed by atoms with E-state index in [1.165, 1.54) is 0 Å². The molecule has 1 aromatic carbocycles. The SMILES string of the molecule is Cc1ccc(NS(=O)(=O)C2CCCCC2)c(C#CCO)c1. The zero-order valence-electron chi connectivity index (χ0n) is 12.2. The van der Waals surface area contributed by atoms with E-state index in [-0.39, 0.29) is 11.9 Å². The Bertz CT molecular complexity index is 650. The first kappa shape index (κ1) is 15.9. The van der Waals surface area contributed by atoms with Gasteiger partial charge in [-0.25, -0.2) is 8.42 Å². The lowest BCUT2D eigenvalue weighted by Gasteiger charge is -2.22. The van der Waals surface area contributed by atoms with Crippen molar-refractivity contribution in [1.82, 2.24) is 0 Å². The predicted molar refractivity (Wildman–Crippen MR) is 84.6 cm³/mol. The van der Waals surface area contributed by atoms with Gasteiger partial charge in [0.1, 0.15) is 6.61 Å². The quantitative estimate of drug-likeness (QED) is 0.843. The zero-order chi connectivity index (χ0) is 15.3. The van der Waals surface area contributed by atoms with Crippen LogP contribution in [0.4, 0.5) is 5.69 Å². The third kappa shape index (κ3) is 4.23. The monoisotopic (exact) mass is 307 g/mol. The van der Waals surface area contributed by atoms with Gasteiger partial charge >= 0.3 is 0 Å². The molecule has 0 spiro atoms. The summed E-state index contributed by atoms with van der Waals surface area (Å²) in [6.07, 6.45) is 4.49. The standard InChI is InChI=1S/C16H21NO3S/c1-13-9-10-16(14(12-13)6-5-11-18)17-21(19,20)15-7-3-2-4-8-15/h9-10,12,15,17-18H,2-4,7-8,11H2,1H3. The second-order valence-corrected chi connectivity index (χ2v) is 7.38. The minimum atomic E-state index is -3.38. The maximum atomic E-state index is 12.5. The number of hydrogen-bond acceptors (Lipinski definition) is 3. The van der Waals surface area contributed by atoms with Crippen LogP contribution in [0.25, 0.3) is 0 Å². The summed E-state index contributed by atoms with van der Waals surface area (Å²) in [5.41, 5.74) is 2.09. The van der Waals surface area contributed by atoms with Crippen molar-refractivity contribution >= 4 is 15.7 Å². The van der Waals surface area contributed by atoms with Gasteiger partial charge in [-0.1, -0.05) is 37.2 Å². The largest absolute Gasteiger partial charge is 0.384 e. The average Bonchev–Trinajstić information content (AvgIpc) is 2.48. The maximum absolute atomic E-state index is 12.5. The molecule has 1 aliphatic rings. The molecule has 0 bridgehead atoms. The van der Waals surface area contributed by atoms with E-state index >= 15 is 0 Å². The first-order valence-corrected chi connectivity index (χ1v) is 8.79. The summed E-state index contributed by atoms with van der Waals surface area (Å²) in [6, 6.07) is 5.40. The van der Waals surface area contributed by atoms with Gasteiger partial charge in [0.05, 0.1) is 10.9 Å². The van der Waals surface area contributed by atoms with Crippen LogP contribution in [0.2, 0.25) is 0 Å². The Morgan fingerprint density at radius 3 is 2.67 bits per heavy atom. The lowest BCUT2D eigenvalue weighted by molar-refractivity contribution is 0.350. The fourth-order valence-corrected chi connectivity index (χ4v) is 4.20. The zero-order valence-corrected chi connectivity index (χ0v) is 13.0. The van der Waals surface area contributed by atoms with Crippen molar-refractivity contribution in [2.75, 3.05) is 11.3 Å². The molecule has 2 rings (SSSR count). The van der Waals surface area contributed by atoms with Gasteiger partial charge in [-0.2, -0.15) is 0 Å². The molecular weight excluding hydrogens is 286 g/mol. The number of aliphatic hydroxyl groups is 1. The molecule has 5 heteroatoms. The Kier molecular flexibility index (Phi) is 5.27. The normalized spacial score (nSPS) is 16.1. The summed E-state index contributed by atoms with van der Waals surface area (Å²) < 4.78 is 27.6. The fourth-order valence-electron chi connectivity index (χ4n) is 2.60. The molecule has 0 heterocycles. The number of benzene rings is 1. The van der Waals surface area contributed by atoms with E-state index in [0.717, 1.165) is 37.7 Å². The smallest absolute Gasteiger partial charge is 0.235 e. The minimum Gasteiger partial charge on any atom is -0.384 e. The number of anilines is 1. The van der Waals surface area contributed by atoms with Crippen molar-refractivity contribution in [2.24, 2.45) is 0 Å². The van der Waals surface area contributed by atoms with Gasteiger partial charge in [0.15, 0.2) is 0 Å². The summed E-state index contributed by atoms with van der Waals surface area (Å²) in [7, 11) is -3.38. The van der Waals surface area contributed by atoms with Gasteiger partial charge in [-0.15, -0.1) is 0 Å². The second-order valence-electron chi connectivity index (χ2n) is 5.42. The number of nitrogens with one attached hydrogen (secondary N) is 1. The van der Waals surface area contributed by atoms with Crippen LogP contribution in [0.3, 0.4) is 0 Å². The molecule has 0 unspecified atom stereocenters. The van der Waals surface area contributed by atoms with Crippen molar-refractivity contribution in [3.05, 3.63) is 29.3 Å². The molecule has 1 fully saturated rings. The maximum Gasteiger partial charge on any atom is 0.235 e. The third-order valence-electron chi connectivity index (χ3n) is 3.72. The number of aryl methyl sites for hydroxylation is 1. The lowest BCUT2D eigenvalue weighted by atomic mass is 10.0. The van der Waals surface area contributed by atoms with Gasteiger partial charge < -0.3 is 5.11 Å². The Labute approximate surface area is 126 Å². The van der Waals surface area contributed by atoms with Crippen LogP contribution >= 0.6 is 0 Å². The summed E-state index contributed by atoms with van der Waals surface area (Å²) >= 11 is 0. The van der Waals surface area contributed by atoms with Crippen molar-refractivity contribution in [3.8, 4) is 11.8 Å². The summed E-state index contributed by atoms with van der Waals surface area (Å²) in [5.74, 6) is 5.37. The summed E-state index contributed by atoms with van der Waals surface area (Å²) in [6.45, 7) is 1.67. The summed E-state index contributed by atoms with van der Waals surface area (Å²) in [4.78, 5) is 0. The first-order chi connectivity index (χ1) is 10.0. The molecule has 4 nitrogen and oxygen atoms in total. The molecule has 0 radical (unpaired) electrons. The molecule has 0 aromatic heterocycles. The number of hydrogen-bond donors (Lipinski definition) is 2. The van der Waals surface area contributed by atoms with Gasteiger partial charge in [0.25, 0.3) is 0 Å². The van der Waals surface area contributed by atoms with E-state index in [4.69, 9.17) is 5.11 Å². The van der Waals surface area contributed by atoms with Crippen molar-refractivity contribution in [2.45, 2.75) is 44.3 Å². The molecule has 2 N–H and O–H groups in total. The predicted octanol–water partition coefficient (Wildman–Crippen LogP) is 2.41. The molecule has 0 aliphatic heterocycles. The van der Waals surface area contributed by atoms with Gasteiger partial charge in [-0.05, 0) is 37.5 Å². The molecule has 1 aromatic rings. The fraction of sp³-hybridized carbons (Fsp3) is 0.500. The van der Waals surface area contributed by atoms with Crippen LogP contribution in [-0.2, 0) is 10.0 Å². The highest BCUT2D eigenvalue weighted by Crippen LogP contribution is 2.26. The van der Waals surface area contributed by atoms with Crippen LogP contribution in [0.5, 0.6) is 0 Å². The number of aliphatic hydroxyl groups excluding tert-OH is 1. The topological polar surface area (TPSA) is 66.4 Å². The molecule has 21 heavy (non-hydrogen) atoms. The molecule has 0 atom stereocenters. The van der Waals surface area contributed by atoms with Gasteiger partial charge in [-0.3, -0.25) is 4.72 Å². The van der Waals surface area contributed by atoms with Crippen LogP contribution in [0, 0.1) is 18.8 Å². The van der Waals surface area contributed by atoms with E-state index in [1.54, 1.807) is 6.07 Å². The van der Waals surface area contributed by atoms with Crippen molar-refractivity contribution in [1.29, 1.82) is 0 Å². The van der Waals surface area contributed by atoms with Gasteiger partial charge in [0.2, 0.25) is 10.0 Å². The highest BCUT2D eigenvalue weighted by molar-refractivity contribution is 7.93. The lowest BCUT2D eigenvalue weighted by Crippen LogP contribution is -2.30. The molecule has 0 saturated heterocycles. The Hall–Kier alpha value is -1.51. The van der Waals surface area contributed by atoms with Gasteiger partial charge in [0, 0.05) is 5.56 Å². The second kappa shape index (κ2) is 6.97. The molecular formula is C16H21NO3S. The molecule has 1 saturated carbocycles. The number of sulfonamides is 1. The molecule has 0 amide bonds. The van der Waals surface area contributed by atoms with E-state index < -0.39 is 10.0 Å². The van der Waals surface area contributed by atoms with E-state index in [2.05, 4.69) is 16.6 Å². The van der Waals surface area contributed by atoms with Crippen molar-refractivity contribution < 1.29 is 13.5 Å². The highest BCUT2D eigenvalue weighted by atomic mass is 32.2. The Balaban J connectivity index is 2.25. The third-order valence-corrected chi connectivity index (χ3v) is 5.57. The Morgan fingerprint density at radius 1 is 1.29 bits per heavy atom. The van der Waals surface area contributed by atoms with Crippen LogP contribution in [0.15, 0.2) is 18.2 Å².